The summed E-state index contributed by atoms with van der Waals surface area (Å²) in [6.07, 6.45) is 3.14. The summed E-state index contributed by atoms with van der Waals surface area (Å²) in [5.74, 6) is 0.617. The van der Waals surface area contributed by atoms with Crippen LogP contribution in [0.2, 0.25) is 0 Å². The van der Waals surface area contributed by atoms with Crippen molar-refractivity contribution in [2.75, 3.05) is 13.2 Å². The monoisotopic (exact) mass is 233 g/mol. The van der Waals surface area contributed by atoms with E-state index in [0.717, 1.165) is 32.5 Å². The summed E-state index contributed by atoms with van der Waals surface area (Å²) in [7, 11) is -0.887. The molecule has 0 aromatic rings. The fraction of sp³-hybridized carbons (Fsp3) is 1.00. The Morgan fingerprint density at radius 3 is 2.53 bits per heavy atom. The summed E-state index contributed by atoms with van der Waals surface area (Å²) < 4.78 is 20.3. The molecule has 1 aliphatic heterocycles. The second-order valence-corrected chi connectivity index (χ2v) is 6.01. The van der Waals surface area contributed by atoms with Crippen molar-refractivity contribution in [3.63, 3.8) is 0 Å². The average Bonchev–Trinajstić information content (AvgIpc) is 2.29. The van der Waals surface area contributed by atoms with E-state index in [-0.39, 0.29) is 5.25 Å². The molecule has 1 N–H and O–H groups in total. The highest BCUT2D eigenvalue weighted by molar-refractivity contribution is 7.83. The van der Waals surface area contributed by atoms with E-state index in [1.165, 1.54) is 0 Å². The van der Waals surface area contributed by atoms with Crippen molar-refractivity contribution in [2.45, 2.75) is 51.3 Å². The fourth-order valence-corrected chi connectivity index (χ4v) is 2.86. The van der Waals surface area contributed by atoms with Crippen LogP contribution >= 0.6 is 0 Å². The van der Waals surface area contributed by atoms with Gasteiger partial charge in [0.25, 0.3) is 0 Å². The van der Waals surface area contributed by atoms with Crippen LogP contribution in [-0.4, -0.2) is 28.7 Å². The van der Waals surface area contributed by atoms with Crippen LogP contribution in [0.3, 0.4) is 0 Å². The van der Waals surface area contributed by atoms with Crippen molar-refractivity contribution in [3.8, 4) is 0 Å². The van der Waals surface area contributed by atoms with Gasteiger partial charge in [0.1, 0.15) is 0 Å². The smallest absolute Gasteiger partial charge is 0.0946 e. The lowest BCUT2D eigenvalue weighted by Crippen LogP contribution is -2.40. The van der Waals surface area contributed by atoms with Crippen molar-refractivity contribution in [2.24, 2.45) is 5.92 Å². The molecule has 2 unspecified atom stereocenters. The Hall–Kier alpha value is 0.0700. The maximum absolute atomic E-state index is 11.8. The van der Waals surface area contributed by atoms with Gasteiger partial charge >= 0.3 is 0 Å². The molecule has 90 valence electrons. The molecule has 0 saturated carbocycles. The van der Waals surface area contributed by atoms with Gasteiger partial charge in [-0.2, -0.15) is 0 Å². The van der Waals surface area contributed by atoms with Crippen LogP contribution in [0.15, 0.2) is 0 Å². The zero-order chi connectivity index (χ0) is 11.3. The van der Waals surface area contributed by atoms with Gasteiger partial charge in [-0.25, -0.2) is 8.93 Å². The Bertz CT molecular complexity index is 205. The van der Waals surface area contributed by atoms with Crippen LogP contribution in [0, 0.1) is 5.92 Å². The fourth-order valence-electron chi connectivity index (χ4n) is 1.76. The number of hydrogen-bond donors (Lipinski definition) is 1. The van der Waals surface area contributed by atoms with Crippen LogP contribution in [0.4, 0.5) is 0 Å². The second-order valence-electron chi connectivity index (χ2n) is 4.37. The zero-order valence-electron chi connectivity index (χ0n) is 9.99. The maximum atomic E-state index is 11.8. The van der Waals surface area contributed by atoms with Crippen LogP contribution in [0.5, 0.6) is 0 Å². The lowest BCUT2D eigenvalue weighted by atomic mass is 9.94. The molecule has 0 aromatic heterocycles. The van der Waals surface area contributed by atoms with Crippen molar-refractivity contribution in [3.05, 3.63) is 0 Å². The lowest BCUT2D eigenvalue weighted by Gasteiger charge is -2.28. The summed E-state index contributed by atoms with van der Waals surface area (Å²) in [4.78, 5) is 0. The quantitative estimate of drug-likeness (QED) is 0.787. The topological polar surface area (TPSA) is 38.3 Å². The minimum atomic E-state index is -0.887. The van der Waals surface area contributed by atoms with E-state index in [1.54, 1.807) is 0 Å². The Morgan fingerprint density at radius 1 is 1.40 bits per heavy atom. The van der Waals surface area contributed by atoms with Crippen LogP contribution in [0.1, 0.15) is 40.0 Å². The molecule has 0 spiro atoms. The normalized spacial score (nSPS) is 24.7. The summed E-state index contributed by atoms with van der Waals surface area (Å²) in [6, 6.07) is 0.337. The van der Waals surface area contributed by atoms with Gasteiger partial charge in [0.05, 0.1) is 11.0 Å². The molecule has 0 amide bonds. The highest BCUT2D eigenvalue weighted by Gasteiger charge is 2.22. The van der Waals surface area contributed by atoms with Crippen LogP contribution < -0.4 is 4.72 Å². The maximum Gasteiger partial charge on any atom is 0.0946 e. The minimum Gasteiger partial charge on any atom is -0.381 e. The van der Waals surface area contributed by atoms with Gasteiger partial charge in [0.2, 0.25) is 0 Å². The van der Waals surface area contributed by atoms with E-state index in [0.29, 0.717) is 12.0 Å². The summed E-state index contributed by atoms with van der Waals surface area (Å²) in [5, 5.41) is 0.243. The first-order valence-corrected chi connectivity index (χ1v) is 7.11. The van der Waals surface area contributed by atoms with E-state index >= 15 is 0 Å². The van der Waals surface area contributed by atoms with Crippen molar-refractivity contribution < 1.29 is 8.95 Å². The SMILES string of the molecule is CCC(C)S(=O)N[C@@H](C)C1CCOCC1. The predicted octanol–water partition coefficient (Wildman–Crippen LogP) is 1.85. The molecule has 4 heteroatoms. The highest BCUT2D eigenvalue weighted by atomic mass is 32.2. The van der Waals surface area contributed by atoms with E-state index < -0.39 is 11.0 Å². The largest absolute Gasteiger partial charge is 0.381 e. The van der Waals surface area contributed by atoms with E-state index in [4.69, 9.17) is 4.74 Å². The van der Waals surface area contributed by atoms with Crippen molar-refractivity contribution in [1.29, 1.82) is 0 Å². The predicted molar refractivity (Wildman–Crippen MR) is 64.0 cm³/mol. The first-order valence-electron chi connectivity index (χ1n) is 5.89. The molecule has 3 nitrogen and oxygen atoms in total. The third-order valence-electron chi connectivity index (χ3n) is 3.22. The molecular formula is C11H23NO2S. The highest BCUT2D eigenvalue weighted by Crippen LogP contribution is 2.19. The number of nitrogens with one attached hydrogen (secondary N) is 1. The average molecular weight is 233 g/mol. The van der Waals surface area contributed by atoms with Gasteiger partial charge in [0, 0.05) is 24.5 Å². The van der Waals surface area contributed by atoms with Crippen LogP contribution in [0.25, 0.3) is 0 Å². The molecule has 1 fully saturated rings. The summed E-state index contributed by atoms with van der Waals surface area (Å²) in [5.41, 5.74) is 0. The third-order valence-corrected chi connectivity index (χ3v) is 4.88. The Morgan fingerprint density at radius 2 is 2.00 bits per heavy atom. The van der Waals surface area contributed by atoms with Crippen LogP contribution in [-0.2, 0) is 15.7 Å². The Kier molecular flexibility index (Phi) is 5.79. The Labute approximate surface area is 95.6 Å². The molecule has 0 aliphatic carbocycles. The molecular weight excluding hydrogens is 210 g/mol. The molecule has 3 atom stereocenters. The van der Waals surface area contributed by atoms with E-state index in [1.807, 2.05) is 6.92 Å². The molecule has 1 rings (SSSR count). The van der Waals surface area contributed by atoms with Gasteiger partial charge in [-0.15, -0.1) is 0 Å². The van der Waals surface area contributed by atoms with Gasteiger partial charge in [-0.3, -0.25) is 0 Å². The van der Waals surface area contributed by atoms with Gasteiger partial charge in [0.15, 0.2) is 0 Å². The Balaban J connectivity index is 2.33. The molecule has 1 saturated heterocycles. The molecule has 0 bridgehead atoms. The number of ether oxygens (including phenoxy) is 1. The molecule has 0 aromatic carbocycles. The van der Waals surface area contributed by atoms with Gasteiger partial charge in [-0.1, -0.05) is 6.92 Å². The zero-order valence-corrected chi connectivity index (χ0v) is 10.8. The second kappa shape index (κ2) is 6.61. The molecule has 15 heavy (non-hydrogen) atoms. The minimum absolute atomic E-state index is 0.243. The summed E-state index contributed by atoms with van der Waals surface area (Å²) in [6.45, 7) is 7.94. The van der Waals surface area contributed by atoms with E-state index in [9.17, 15) is 4.21 Å². The number of rotatable bonds is 5. The van der Waals surface area contributed by atoms with Gasteiger partial charge < -0.3 is 4.74 Å². The molecule has 0 radical (unpaired) electrons. The lowest BCUT2D eigenvalue weighted by molar-refractivity contribution is 0.0587. The molecule has 1 heterocycles. The third kappa shape index (κ3) is 4.21. The first kappa shape index (κ1) is 13.1. The van der Waals surface area contributed by atoms with E-state index in [2.05, 4.69) is 18.6 Å². The summed E-state index contributed by atoms with van der Waals surface area (Å²) >= 11 is 0. The first-order chi connectivity index (χ1) is 7.15. The van der Waals surface area contributed by atoms with Gasteiger partial charge in [-0.05, 0) is 39.0 Å². The number of hydrogen-bond acceptors (Lipinski definition) is 2. The van der Waals surface area contributed by atoms with Crippen molar-refractivity contribution in [1.82, 2.24) is 4.72 Å². The van der Waals surface area contributed by atoms with Crippen molar-refractivity contribution >= 4 is 11.0 Å². The standard InChI is InChI=1S/C11H23NO2S/c1-4-9(2)15(13)12-10(3)11-5-7-14-8-6-11/h9-12H,4-8H2,1-3H3/t9?,10-,15?/m0/s1. The molecule has 1 aliphatic rings.